The molecule has 0 aromatic rings. The Balaban J connectivity index is 5.22. The predicted octanol–water partition coefficient (Wildman–Crippen LogP) is 1.12. The second kappa shape index (κ2) is 10.2. The fourth-order valence-corrected chi connectivity index (χ4v) is 2.22. The third kappa shape index (κ3) is 7.56. The smallest absolute Gasteiger partial charge is 0.317 e. The highest BCUT2D eigenvalue weighted by Crippen LogP contribution is 2.20. The summed E-state index contributed by atoms with van der Waals surface area (Å²) in [6, 6.07) is 2.06. The molecule has 0 aromatic heterocycles. The first kappa shape index (κ1) is 21.3. The van der Waals surface area contributed by atoms with Crippen LogP contribution < -0.4 is 5.32 Å². The van der Waals surface area contributed by atoms with Crippen LogP contribution in [0.5, 0.6) is 0 Å². The Labute approximate surface area is 141 Å². The highest BCUT2D eigenvalue weighted by molar-refractivity contribution is 5.82. The number of nitriles is 1. The summed E-state index contributed by atoms with van der Waals surface area (Å²) in [5.74, 6) is -3.04. The number of allylic oxidation sites excluding steroid dienone is 4. The molecule has 0 aliphatic carbocycles. The molecule has 8 heteroatoms. The molecule has 0 aromatic carbocycles. The second-order valence-electron chi connectivity index (χ2n) is 5.42. The number of rotatable bonds is 9. The molecule has 0 heterocycles. The predicted molar refractivity (Wildman–Crippen MR) is 86.8 cm³/mol. The normalized spacial score (nSPS) is 11.3. The van der Waals surface area contributed by atoms with Crippen molar-refractivity contribution < 1.29 is 24.6 Å². The number of hydrogen-bond donors (Lipinski definition) is 3. The van der Waals surface area contributed by atoms with E-state index >= 15 is 0 Å². The van der Waals surface area contributed by atoms with Gasteiger partial charge in [0.2, 0.25) is 5.91 Å². The van der Waals surface area contributed by atoms with Gasteiger partial charge in [-0.1, -0.05) is 12.5 Å². The standard InChI is InChI=1S/C16H23N3O5/c1-5-12(10(2)3)13(6-17)11(4)18-14(20)7-19(8-15(21)22)9-16(23)24/h5,7-9H2,1-4H3,(H,18,20)(H,21,22)(H,23,24)/b13-11+. The van der Waals surface area contributed by atoms with Gasteiger partial charge in [0.1, 0.15) is 6.07 Å². The van der Waals surface area contributed by atoms with E-state index in [1.165, 1.54) is 0 Å². The molecule has 0 fully saturated rings. The molecule has 8 nitrogen and oxygen atoms in total. The van der Waals surface area contributed by atoms with Gasteiger partial charge in [-0.2, -0.15) is 5.26 Å². The van der Waals surface area contributed by atoms with E-state index < -0.39 is 37.5 Å². The molecule has 1 amide bonds. The van der Waals surface area contributed by atoms with Crippen LogP contribution in [0.4, 0.5) is 0 Å². The van der Waals surface area contributed by atoms with Crippen molar-refractivity contribution in [3.63, 3.8) is 0 Å². The van der Waals surface area contributed by atoms with Crippen molar-refractivity contribution in [1.29, 1.82) is 5.26 Å². The molecule has 0 rings (SSSR count). The average Bonchev–Trinajstić information content (AvgIpc) is 2.41. The molecule has 3 N–H and O–H groups in total. The third-order valence-corrected chi connectivity index (χ3v) is 3.16. The van der Waals surface area contributed by atoms with Crippen LogP contribution in [0.25, 0.3) is 0 Å². The van der Waals surface area contributed by atoms with E-state index in [4.69, 9.17) is 10.2 Å². The molecule has 24 heavy (non-hydrogen) atoms. The number of carboxylic acid groups (broad SMARTS) is 2. The molecular weight excluding hydrogens is 314 g/mol. The number of nitrogens with one attached hydrogen (secondary N) is 1. The van der Waals surface area contributed by atoms with Crippen LogP contribution >= 0.6 is 0 Å². The third-order valence-electron chi connectivity index (χ3n) is 3.16. The van der Waals surface area contributed by atoms with Gasteiger partial charge >= 0.3 is 11.9 Å². The number of nitrogens with zero attached hydrogens (tertiary/aromatic N) is 2. The van der Waals surface area contributed by atoms with Crippen LogP contribution in [-0.2, 0) is 14.4 Å². The Morgan fingerprint density at radius 2 is 1.54 bits per heavy atom. The summed E-state index contributed by atoms with van der Waals surface area (Å²) in [5, 5.41) is 29.4. The molecule has 0 radical (unpaired) electrons. The van der Waals surface area contributed by atoms with Gasteiger partial charge in [0, 0.05) is 5.70 Å². The van der Waals surface area contributed by atoms with Gasteiger partial charge in [0.05, 0.1) is 25.2 Å². The molecular formula is C16H23N3O5. The van der Waals surface area contributed by atoms with E-state index in [0.29, 0.717) is 17.7 Å². The van der Waals surface area contributed by atoms with E-state index in [0.717, 1.165) is 16.0 Å². The monoisotopic (exact) mass is 337 g/mol. The lowest BCUT2D eigenvalue weighted by Crippen LogP contribution is -2.42. The van der Waals surface area contributed by atoms with Crippen LogP contribution in [0.2, 0.25) is 0 Å². The Hall–Kier alpha value is -2.66. The maximum absolute atomic E-state index is 12.0. The summed E-state index contributed by atoms with van der Waals surface area (Å²) in [7, 11) is 0. The van der Waals surface area contributed by atoms with Crippen molar-refractivity contribution in [3.05, 3.63) is 22.4 Å². The Kier molecular flexibility index (Phi) is 9.05. The second-order valence-corrected chi connectivity index (χ2v) is 5.42. The van der Waals surface area contributed by atoms with Gasteiger partial charge in [0.25, 0.3) is 0 Å². The summed E-state index contributed by atoms with van der Waals surface area (Å²) >= 11 is 0. The fraction of sp³-hybridized carbons (Fsp3) is 0.500. The summed E-state index contributed by atoms with van der Waals surface area (Å²) < 4.78 is 0. The van der Waals surface area contributed by atoms with Crippen molar-refractivity contribution >= 4 is 17.8 Å². The first-order chi connectivity index (χ1) is 11.1. The van der Waals surface area contributed by atoms with Gasteiger partial charge in [-0.3, -0.25) is 19.3 Å². The average molecular weight is 337 g/mol. The zero-order valence-corrected chi connectivity index (χ0v) is 14.3. The summed E-state index contributed by atoms with van der Waals surface area (Å²) in [5.41, 5.74) is 2.49. The van der Waals surface area contributed by atoms with Gasteiger partial charge in [-0.05, 0) is 32.8 Å². The lowest BCUT2D eigenvalue weighted by atomic mass is 9.98. The van der Waals surface area contributed by atoms with Crippen molar-refractivity contribution in [2.75, 3.05) is 19.6 Å². The molecule has 0 atom stereocenters. The maximum Gasteiger partial charge on any atom is 0.317 e. The summed E-state index contributed by atoms with van der Waals surface area (Å²) in [6.45, 7) is 5.68. The first-order valence-electron chi connectivity index (χ1n) is 7.35. The summed E-state index contributed by atoms with van der Waals surface area (Å²) in [6.07, 6.45) is 0.628. The summed E-state index contributed by atoms with van der Waals surface area (Å²) in [4.78, 5) is 34.5. The number of carboxylic acids is 2. The molecule has 0 bridgehead atoms. The van der Waals surface area contributed by atoms with E-state index in [1.54, 1.807) is 6.92 Å². The molecule has 0 aliphatic rings. The minimum atomic E-state index is -1.23. The molecule has 132 valence electrons. The van der Waals surface area contributed by atoms with Crippen LogP contribution in [-0.4, -0.2) is 52.6 Å². The SMILES string of the molecule is CCC(=C(C)C)/C(C#N)=C(\C)NC(=O)CN(CC(=O)O)CC(=O)O. The highest BCUT2D eigenvalue weighted by atomic mass is 16.4. The Morgan fingerprint density at radius 1 is 1.04 bits per heavy atom. The van der Waals surface area contributed by atoms with Crippen LogP contribution in [0, 0.1) is 11.3 Å². The van der Waals surface area contributed by atoms with Gasteiger partial charge in [-0.25, -0.2) is 0 Å². The Bertz CT molecular complexity index is 594. The molecule has 0 spiro atoms. The van der Waals surface area contributed by atoms with Crippen molar-refractivity contribution in [1.82, 2.24) is 10.2 Å². The van der Waals surface area contributed by atoms with E-state index in [-0.39, 0.29) is 0 Å². The van der Waals surface area contributed by atoms with E-state index in [1.807, 2.05) is 20.8 Å². The lowest BCUT2D eigenvalue weighted by Gasteiger charge is -2.18. The zero-order chi connectivity index (χ0) is 18.9. The highest BCUT2D eigenvalue weighted by Gasteiger charge is 2.18. The van der Waals surface area contributed by atoms with Gasteiger partial charge in [-0.15, -0.1) is 0 Å². The van der Waals surface area contributed by atoms with Crippen LogP contribution in [0.15, 0.2) is 22.4 Å². The largest absolute Gasteiger partial charge is 0.480 e. The minimum Gasteiger partial charge on any atom is -0.480 e. The van der Waals surface area contributed by atoms with Crippen molar-refractivity contribution in [2.45, 2.75) is 34.1 Å². The quantitative estimate of drug-likeness (QED) is 0.424. The van der Waals surface area contributed by atoms with Crippen LogP contribution in [0.1, 0.15) is 34.1 Å². The van der Waals surface area contributed by atoms with Crippen LogP contribution in [0.3, 0.4) is 0 Å². The van der Waals surface area contributed by atoms with Crippen molar-refractivity contribution in [2.24, 2.45) is 0 Å². The van der Waals surface area contributed by atoms with Crippen molar-refractivity contribution in [3.8, 4) is 6.07 Å². The minimum absolute atomic E-state index is 0.353. The number of carbonyl (C=O) groups excluding carboxylic acids is 1. The molecule has 0 aliphatic heterocycles. The fourth-order valence-electron chi connectivity index (χ4n) is 2.22. The number of carbonyl (C=O) groups is 3. The lowest BCUT2D eigenvalue weighted by molar-refractivity contribution is -0.142. The molecule has 0 saturated heterocycles. The molecule has 0 unspecified atom stereocenters. The topological polar surface area (TPSA) is 131 Å². The van der Waals surface area contributed by atoms with Gasteiger partial charge < -0.3 is 15.5 Å². The zero-order valence-electron chi connectivity index (χ0n) is 14.3. The maximum atomic E-state index is 12.0. The van der Waals surface area contributed by atoms with E-state index in [2.05, 4.69) is 11.4 Å². The van der Waals surface area contributed by atoms with E-state index in [9.17, 15) is 19.6 Å². The number of amides is 1. The Morgan fingerprint density at radius 3 is 1.88 bits per heavy atom. The molecule has 0 saturated carbocycles. The van der Waals surface area contributed by atoms with Gasteiger partial charge in [0.15, 0.2) is 0 Å². The number of hydrogen-bond acceptors (Lipinski definition) is 5. The first-order valence-corrected chi connectivity index (χ1v) is 7.35. The number of aliphatic carboxylic acids is 2.